The van der Waals surface area contributed by atoms with Crippen molar-refractivity contribution in [2.24, 2.45) is 5.92 Å². The molecule has 2 unspecified atom stereocenters. The first-order valence-electron chi connectivity index (χ1n) is 7.40. The van der Waals surface area contributed by atoms with Gasteiger partial charge in [-0.15, -0.1) is 0 Å². The number of carboxylic acids is 1. The average Bonchev–Trinajstić information content (AvgIpc) is 2.36. The average molecular weight is 290 g/mol. The number of urea groups is 1. The van der Waals surface area contributed by atoms with Crippen LogP contribution in [0.15, 0.2) is 30.3 Å². The Kier molecular flexibility index (Phi) is 5.20. The number of carbonyl (C=O) groups excluding carboxylic acids is 1. The number of hydrogen-bond acceptors (Lipinski definition) is 2. The van der Waals surface area contributed by atoms with Gasteiger partial charge >= 0.3 is 12.0 Å². The normalized spacial score (nSPS) is 17.4. The van der Waals surface area contributed by atoms with Gasteiger partial charge in [0.25, 0.3) is 0 Å². The Bertz CT molecular complexity index is 486. The number of benzene rings is 1. The Morgan fingerprint density at radius 1 is 1.24 bits per heavy atom. The number of rotatable bonds is 6. The van der Waals surface area contributed by atoms with E-state index in [4.69, 9.17) is 0 Å². The summed E-state index contributed by atoms with van der Waals surface area (Å²) in [4.78, 5) is 23.2. The molecule has 1 aromatic carbocycles. The van der Waals surface area contributed by atoms with Gasteiger partial charge in [0, 0.05) is 12.5 Å². The summed E-state index contributed by atoms with van der Waals surface area (Å²) in [5.41, 5.74) is 0.886. The monoisotopic (exact) mass is 290 g/mol. The number of hydrogen-bond donors (Lipinski definition) is 3. The molecule has 3 N–H and O–H groups in total. The lowest BCUT2D eigenvalue weighted by Crippen LogP contribution is -2.51. The van der Waals surface area contributed by atoms with Crippen molar-refractivity contribution in [3.63, 3.8) is 0 Å². The molecule has 1 fully saturated rings. The largest absolute Gasteiger partial charge is 0.480 e. The second-order valence-electron chi connectivity index (χ2n) is 5.68. The topological polar surface area (TPSA) is 78.4 Å². The Hall–Kier alpha value is -2.04. The lowest BCUT2D eigenvalue weighted by Gasteiger charge is -2.32. The molecule has 5 nitrogen and oxygen atoms in total. The van der Waals surface area contributed by atoms with Gasteiger partial charge in [-0.1, -0.05) is 36.8 Å². The molecule has 1 aromatic rings. The first-order chi connectivity index (χ1) is 10.1. The molecule has 2 amide bonds. The minimum absolute atomic E-state index is 0.0879. The SMILES string of the molecule is CC(NC(=O)NC(Cc1ccccc1)C(=O)O)C1CCC1. The van der Waals surface area contributed by atoms with Gasteiger partial charge in [-0.05, 0) is 31.2 Å². The summed E-state index contributed by atoms with van der Waals surface area (Å²) in [5, 5.41) is 14.6. The second-order valence-corrected chi connectivity index (χ2v) is 5.68. The number of amides is 2. The smallest absolute Gasteiger partial charge is 0.326 e. The van der Waals surface area contributed by atoms with E-state index in [0.717, 1.165) is 18.4 Å². The number of carboxylic acid groups (broad SMARTS) is 1. The molecule has 0 spiro atoms. The van der Waals surface area contributed by atoms with Crippen LogP contribution >= 0.6 is 0 Å². The van der Waals surface area contributed by atoms with Crippen LogP contribution in [0.5, 0.6) is 0 Å². The molecule has 1 aliphatic carbocycles. The zero-order valence-electron chi connectivity index (χ0n) is 12.2. The maximum Gasteiger partial charge on any atom is 0.326 e. The molecule has 21 heavy (non-hydrogen) atoms. The van der Waals surface area contributed by atoms with Crippen LogP contribution in [-0.2, 0) is 11.2 Å². The molecule has 0 radical (unpaired) electrons. The lowest BCUT2D eigenvalue weighted by atomic mass is 9.80. The highest BCUT2D eigenvalue weighted by Gasteiger charge is 2.26. The molecule has 0 aromatic heterocycles. The fraction of sp³-hybridized carbons (Fsp3) is 0.500. The molecule has 0 saturated heterocycles. The predicted octanol–water partition coefficient (Wildman–Crippen LogP) is 2.17. The summed E-state index contributed by atoms with van der Waals surface area (Å²) in [6.45, 7) is 1.97. The quantitative estimate of drug-likeness (QED) is 0.751. The second kappa shape index (κ2) is 7.11. The van der Waals surface area contributed by atoms with E-state index in [9.17, 15) is 14.7 Å². The van der Waals surface area contributed by atoms with Gasteiger partial charge < -0.3 is 15.7 Å². The van der Waals surface area contributed by atoms with E-state index in [1.807, 2.05) is 37.3 Å². The fourth-order valence-electron chi connectivity index (χ4n) is 2.51. The summed E-state index contributed by atoms with van der Waals surface area (Å²) in [7, 11) is 0. The molecule has 5 heteroatoms. The zero-order chi connectivity index (χ0) is 15.2. The van der Waals surface area contributed by atoms with Crippen molar-refractivity contribution in [3.05, 3.63) is 35.9 Å². The molecule has 114 valence electrons. The van der Waals surface area contributed by atoms with Crippen molar-refractivity contribution in [1.29, 1.82) is 0 Å². The molecule has 2 rings (SSSR count). The maximum atomic E-state index is 11.9. The highest BCUT2D eigenvalue weighted by molar-refractivity contribution is 5.82. The first-order valence-corrected chi connectivity index (χ1v) is 7.40. The van der Waals surface area contributed by atoms with Crippen molar-refractivity contribution in [1.82, 2.24) is 10.6 Å². The van der Waals surface area contributed by atoms with E-state index < -0.39 is 18.0 Å². The van der Waals surface area contributed by atoms with Gasteiger partial charge in [0.2, 0.25) is 0 Å². The van der Waals surface area contributed by atoms with Crippen molar-refractivity contribution in [2.75, 3.05) is 0 Å². The van der Waals surface area contributed by atoms with Gasteiger partial charge in [0.15, 0.2) is 0 Å². The minimum Gasteiger partial charge on any atom is -0.480 e. The van der Waals surface area contributed by atoms with E-state index >= 15 is 0 Å². The van der Waals surface area contributed by atoms with E-state index in [-0.39, 0.29) is 12.5 Å². The summed E-state index contributed by atoms with van der Waals surface area (Å²) < 4.78 is 0. The van der Waals surface area contributed by atoms with E-state index in [1.54, 1.807) is 0 Å². The van der Waals surface area contributed by atoms with Crippen molar-refractivity contribution in [3.8, 4) is 0 Å². The summed E-state index contributed by atoms with van der Waals surface area (Å²) in [5.74, 6) is -0.501. The molecular formula is C16H22N2O3. The first kappa shape index (κ1) is 15.4. The van der Waals surface area contributed by atoms with Crippen LogP contribution in [0.2, 0.25) is 0 Å². The van der Waals surface area contributed by atoms with Crippen molar-refractivity contribution < 1.29 is 14.7 Å². The van der Waals surface area contributed by atoms with E-state index in [0.29, 0.717) is 5.92 Å². The standard InChI is InChI=1S/C16H22N2O3/c1-11(13-8-5-9-13)17-16(21)18-14(15(19)20)10-12-6-3-2-4-7-12/h2-4,6-7,11,13-14H,5,8-10H2,1H3,(H,19,20)(H2,17,18,21). The Morgan fingerprint density at radius 3 is 2.43 bits per heavy atom. The van der Waals surface area contributed by atoms with Gasteiger partial charge in [-0.3, -0.25) is 0 Å². The van der Waals surface area contributed by atoms with Crippen LogP contribution < -0.4 is 10.6 Å². The molecule has 0 heterocycles. The lowest BCUT2D eigenvalue weighted by molar-refractivity contribution is -0.139. The van der Waals surface area contributed by atoms with Crippen LogP contribution in [0.4, 0.5) is 4.79 Å². The number of aliphatic carboxylic acids is 1. The van der Waals surface area contributed by atoms with Crippen LogP contribution in [0.3, 0.4) is 0 Å². The Balaban J connectivity index is 1.86. The van der Waals surface area contributed by atoms with Crippen LogP contribution in [0.25, 0.3) is 0 Å². The van der Waals surface area contributed by atoms with Crippen LogP contribution in [-0.4, -0.2) is 29.2 Å². The third kappa shape index (κ3) is 4.48. The van der Waals surface area contributed by atoms with Crippen LogP contribution in [0, 0.1) is 5.92 Å². The molecule has 1 aliphatic rings. The van der Waals surface area contributed by atoms with E-state index in [2.05, 4.69) is 10.6 Å². The van der Waals surface area contributed by atoms with Gasteiger partial charge in [-0.25, -0.2) is 9.59 Å². The number of nitrogens with one attached hydrogen (secondary N) is 2. The molecule has 2 atom stereocenters. The molecule has 0 aliphatic heterocycles. The fourth-order valence-corrected chi connectivity index (χ4v) is 2.51. The zero-order valence-corrected chi connectivity index (χ0v) is 12.2. The maximum absolute atomic E-state index is 11.9. The van der Waals surface area contributed by atoms with Crippen molar-refractivity contribution >= 4 is 12.0 Å². The van der Waals surface area contributed by atoms with E-state index in [1.165, 1.54) is 6.42 Å². The minimum atomic E-state index is -1.02. The Labute approximate surface area is 124 Å². The third-order valence-corrected chi connectivity index (χ3v) is 4.10. The highest BCUT2D eigenvalue weighted by atomic mass is 16.4. The third-order valence-electron chi connectivity index (χ3n) is 4.10. The Morgan fingerprint density at radius 2 is 1.90 bits per heavy atom. The van der Waals surface area contributed by atoms with Gasteiger partial charge in [0.1, 0.15) is 6.04 Å². The van der Waals surface area contributed by atoms with Gasteiger partial charge in [-0.2, -0.15) is 0 Å². The summed E-state index contributed by atoms with van der Waals surface area (Å²) in [6.07, 6.45) is 3.76. The highest BCUT2D eigenvalue weighted by Crippen LogP contribution is 2.29. The summed E-state index contributed by atoms with van der Waals surface area (Å²) >= 11 is 0. The predicted molar refractivity (Wildman–Crippen MR) is 80.0 cm³/mol. The van der Waals surface area contributed by atoms with Crippen LogP contribution in [0.1, 0.15) is 31.7 Å². The molecule has 0 bridgehead atoms. The summed E-state index contributed by atoms with van der Waals surface area (Å²) in [6, 6.07) is 8.06. The van der Waals surface area contributed by atoms with Crippen molar-refractivity contribution in [2.45, 2.75) is 44.7 Å². The molecular weight excluding hydrogens is 268 g/mol. The number of carbonyl (C=O) groups is 2. The molecule has 1 saturated carbocycles. The van der Waals surface area contributed by atoms with Gasteiger partial charge in [0.05, 0.1) is 0 Å².